The first kappa shape index (κ1) is 18.3. The maximum Gasteiger partial charge on any atom is 0.232 e. The summed E-state index contributed by atoms with van der Waals surface area (Å²) in [5, 5.41) is 2.69. The van der Waals surface area contributed by atoms with Crippen LogP contribution in [0.15, 0.2) is 0 Å². The first-order valence-corrected chi connectivity index (χ1v) is 7.95. The van der Waals surface area contributed by atoms with Crippen LogP contribution in [-0.2, 0) is 19.2 Å². The maximum atomic E-state index is 11.7. The van der Waals surface area contributed by atoms with Crippen molar-refractivity contribution in [2.24, 2.45) is 11.8 Å². The fourth-order valence-corrected chi connectivity index (χ4v) is 2.43. The molecule has 1 heterocycles. The number of hydrogen-bond acceptors (Lipinski definition) is 4. The average Bonchev–Trinajstić information content (AvgIpc) is 2.70. The lowest BCUT2D eigenvalue weighted by Gasteiger charge is -2.16. The zero-order valence-electron chi connectivity index (χ0n) is 13.6. The van der Waals surface area contributed by atoms with Crippen LogP contribution in [0, 0.1) is 11.8 Å². The van der Waals surface area contributed by atoms with Crippen LogP contribution in [0.2, 0.25) is 0 Å². The van der Waals surface area contributed by atoms with Gasteiger partial charge in [-0.05, 0) is 18.8 Å². The van der Waals surface area contributed by atoms with E-state index >= 15 is 0 Å². The van der Waals surface area contributed by atoms with Gasteiger partial charge >= 0.3 is 0 Å². The summed E-state index contributed by atoms with van der Waals surface area (Å²) in [6, 6.07) is -0.436. The molecule has 1 fully saturated rings. The summed E-state index contributed by atoms with van der Waals surface area (Å²) in [7, 11) is 0. The first-order chi connectivity index (χ1) is 10.4. The van der Waals surface area contributed by atoms with Crippen LogP contribution in [0.25, 0.3) is 0 Å². The zero-order chi connectivity index (χ0) is 16.7. The number of nitrogens with zero attached hydrogens (tertiary/aromatic N) is 1. The minimum Gasteiger partial charge on any atom is -0.346 e. The molecule has 0 spiro atoms. The van der Waals surface area contributed by atoms with E-state index in [2.05, 4.69) is 5.32 Å². The summed E-state index contributed by atoms with van der Waals surface area (Å²) >= 11 is 0. The third-order valence-corrected chi connectivity index (χ3v) is 3.95. The first-order valence-electron chi connectivity index (χ1n) is 7.95. The topological polar surface area (TPSA) is 83.6 Å². The molecule has 1 rings (SSSR count). The Morgan fingerprint density at radius 1 is 1.32 bits per heavy atom. The third kappa shape index (κ3) is 5.24. The predicted molar refractivity (Wildman–Crippen MR) is 81.8 cm³/mol. The van der Waals surface area contributed by atoms with Crippen LogP contribution < -0.4 is 5.32 Å². The molecule has 1 aliphatic heterocycles. The van der Waals surface area contributed by atoms with E-state index in [-0.39, 0.29) is 29.6 Å². The molecule has 0 bridgehead atoms. The summed E-state index contributed by atoms with van der Waals surface area (Å²) in [5.41, 5.74) is 0. The van der Waals surface area contributed by atoms with E-state index in [1.807, 2.05) is 13.8 Å². The Balaban J connectivity index is 2.18. The van der Waals surface area contributed by atoms with Crippen LogP contribution in [0.4, 0.5) is 0 Å². The summed E-state index contributed by atoms with van der Waals surface area (Å²) in [6.45, 7) is 5.96. The minimum absolute atomic E-state index is 0.0793. The van der Waals surface area contributed by atoms with Crippen LogP contribution >= 0.6 is 0 Å². The molecule has 0 radical (unpaired) electrons. The number of unbranched alkanes of at least 4 members (excludes halogenated alkanes) is 2. The quantitative estimate of drug-likeness (QED) is 0.395. The molecule has 0 aromatic rings. The van der Waals surface area contributed by atoms with E-state index in [4.69, 9.17) is 0 Å². The van der Waals surface area contributed by atoms with Crippen molar-refractivity contribution in [1.29, 1.82) is 0 Å². The smallest absolute Gasteiger partial charge is 0.232 e. The van der Waals surface area contributed by atoms with Gasteiger partial charge in [0.15, 0.2) is 0 Å². The molecule has 0 aliphatic carbocycles. The Bertz CT molecular complexity index is 434. The van der Waals surface area contributed by atoms with Gasteiger partial charge in [-0.15, -0.1) is 0 Å². The van der Waals surface area contributed by atoms with E-state index in [0.29, 0.717) is 32.2 Å². The van der Waals surface area contributed by atoms with Crippen LogP contribution in [-0.4, -0.2) is 41.5 Å². The molecule has 2 unspecified atom stereocenters. The van der Waals surface area contributed by atoms with Gasteiger partial charge in [-0.2, -0.15) is 0 Å². The van der Waals surface area contributed by atoms with E-state index < -0.39 is 6.04 Å². The second kappa shape index (κ2) is 8.66. The van der Waals surface area contributed by atoms with Gasteiger partial charge in [0.1, 0.15) is 6.29 Å². The van der Waals surface area contributed by atoms with Gasteiger partial charge in [0.05, 0.1) is 6.04 Å². The molecule has 3 amide bonds. The van der Waals surface area contributed by atoms with Crippen molar-refractivity contribution in [3.05, 3.63) is 0 Å². The molecule has 1 saturated heterocycles. The van der Waals surface area contributed by atoms with Gasteiger partial charge in [-0.25, -0.2) is 0 Å². The number of rotatable bonds is 9. The Labute approximate surface area is 131 Å². The molecule has 124 valence electrons. The van der Waals surface area contributed by atoms with Crippen molar-refractivity contribution in [1.82, 2.24) is 10.2 Å². The fourth-order valence-electron chi connectivity index (χ4n) is 2.43. The normalized spacial score (nSPS) is 19.6. The lowest BCUT2D eigenvalue weighted by molar-refractivity contribution is -0.139. The van der Waals surface area contributed by atoms with Crippen molar-refractivity contribution in [2.75, 3.05) is 6.54 Å². The lowest BCUT2D eigenvalue weighted by atomic mass is 10.1. The zero-order valence-corrected chi connectivity index (χ0v) is 13.6. The van der Waals surface area contributed by atoms with Crippen molar-refractivity contribution < 1.29 is 19.2 Å². The molecule has 22 heavy (non-hydrogen) atoms. The largest absolute Gasteiger partial charge is 0.346 e. The number of carbonyl (C=O) groups excluding carboxylic acids is 4. The van der Waals surface area contributed by atoms with E-state index in [0.717, 1.165) is 12.7 Å². The van der Waals surface area contributed by atoms with Crippen molar-refractivity contribution >= 4 is 24.0 Å². The van der Waals surface area contributed by atoms with Crippen LogP contribution in [0.3, 0.4) is 0 Å². The number of aldehydes is 1. The minimum atomic E-state index is -0.436. The van der Waals surface area contributed by atoms with Gasteiger partial charge in [-0.3, -0.25) is 19.3 Å². The summed E-state index contributed by atoms with van der Waals surface area (Å²) in [5.74, 6) is -0.438. The van der Waals surface area contributed by atoms with E-state index in [1.54, 1.807) is 6.92 Å². The Kier molecular flexibility index (Phi) is 7.21. The lowest BCUT2D eigenvalue weighted by Crippen LogP contribution is -2.39. The average molecular weight is 310 g/mol. The second-order valence-electron chi connectivity index (χ2n) is 6.27. The highest BCUT2D eigenvalue weighted by molar-refractivity contribution is 6.03. The molecule has 0 aromatic carbocycles. The highest BCUT2D eigenvalue weighted by Crippen LogP contribution is 2.19. The van der Waals surface area contributed by atoms with Gasteiger partial charge < -0.3 is 10.1 Å². The van der Waals surface area contributed by atoms with Crippen molar-refractivity contribution in [3.8, 4) is 0 Å². The maximum absolute atomic E-state index is 11.7. The molecule has 1 N–H and O–H groups in total. The van der Waals surface area contributed by atoms with Gasteiger partial charge in [0.2, 0.25) is 17.7 Å². The summed E-state index contributed by atoms with van der Waals surface area (Å²) in [4.78, 5) is 47.1. The molecule has 6 nitrogen and oxygen atoms in total. The molecule has 0 aromatic heterocycles. The number of amides is 3. The van der Waals surface area contributed by atoms with E-state index in [9.17, 15) is 19.2 Å². The molecule has 0 saturated carbocycles. The highest BCUT2D eigenvalue weighted by atomic mass is 16.2. The highest BCUT2D eigenvalue weighted by Gasteiger charge is 2.34. The predicted octanol–water partition coefficient (Wildman–Crippen LogP) is 1.28. The van der Waals surface area contributed by atoms with Crippen molar-refractivity contribution in [3.63, 3.8) is 0 Å². The second-order valence-corrected chi connectivity index (χ2v) is 6.27. The Hall–Kier alpha value is -1.72. The number of nitrogens with one attached hydrogen (secondary N) is 1. The number of likely N-dealkylation sites (tertiary alicyclic amines) is 1. The van der Waals surface area contributed by atoms with Crippen LogP contribution in [0.5, 0.6) is 0 Å². The summed E-state index contributed by atoms with van der Waals surface area (Å²) in [6.07, 6.45) is 3.58. The van der Waals surface area contributed by atoms with Gasteiger partial charge in [0.25, 0.3) is 0 Å². The van der Waals surface area contributed by atoms with Gasteiger partial charge in [0, 0.05) is 25.3 Å². The van der Waals surface area contributed by atoms with Crippen molar-refractivity contribution in [2.45, 2.75) is 58.9 Å². The Morgan fingerprint density at radius 3 is 2.50 bits per heavy atom. The molecular formula is C16H26N2O4. The molecule has 1 aliphatic rings. The van der Waals surface area contributed by atoms with Gasteiger partial charge in [-0.1, -0.05) is 27.2 Å². The summed E-state index contributed by atoms with van der Waals surface area (Å²) < 4.78 is 0. The Morgan fingerprint density at radius 2 is 2.00 bits per heavy atom. The SMILES string of the molecule is CC1CC(=O)N(CCCCCC(=O)NC(C=O)C(C)C)C1=O. The van der Waals surface area contributed by atoms with Crippen LogP contribution in [0.1, 0.15) is 52.9 Å². The fraction of sp³-hybridized carbons (Fsp3) is 0.750. The molecule has 6 heteroatoms. The number of imide groups is 1. The number of hydrogen-bond donors (Lipinski definition) is 1. The standard InChI is InChI=1S/C16H26N2O4/c1-11(2)13(10-19)17-14(20)7-5-4-6-8-18-15(21)9-12(3)16(18)22/h10-13H,4-9H2,1-3H3,(H,17,20). The molecular weight excluding hydrogens is 284 g/mol. The van der Waals surface area contributed by atoms with E-state index in [1.165, 1.54) is 4.90 Å². The molecule has 2 atom stereocenters. The monoisotopic (exact) mass is 310 g/mol. The number of carbonyl (C=O) groups is 4. The third-order valence-electron chi connectivity index (χ3n) is 3.95.